The molecule has 2 aromatic heterocycles. The topological polar surface area (TPSA) is 114 Å². The fourth-order valence-electron chi connectivity index (χ4n) is 3.84. The maximum atomic E-state index is 12.0. The number of hydrazine groups is 1. The molecule has 0 spiro atoms. The van der Waals surface area contributed by atoms with Crippen molar-refractivity contribution in [3.63, 3.8) is 0 Å². The standard InChI is InChI=1S/C25H25N5O2/c1-2-6-23-28-24(22-9-5-14-32-22)21(16-31)30(23)15-17-10-12-18(13-11-17)19-7-3-4-8-20(19)25(26)29-27/h3-5,7-14,16H,2,6,15,27H2,1H3,(H2,26,29)/p+1. The Morgan fingerprint density at radius 2 is 1.91 bits per heavy atom. The van der Waals surface area contributed by atoms with Gasteiger partial charge in [-0.1, -0.05) is 49.4 Å². The zero-order valence-corrected chi connectivity index (χ0v) is 17.9. The van der Waals surface area contributed by atoms with Crippen LogP contribution in [-0.2, 0) is 13.0 Å². The molecule has 0 amide bonds. The summed E-state index contributed by atoms with van der Waals surface area (Å²) in [4.78, 5) is 16.7. The number of nitrogens with two attached hydrogens (primary N) is 2. The second-order valence-electron chi connectivity index (χ2n) is 7.49. The third kappa shape index (κ3) is 4.05. The highest BCUT2D eigenvalue weighted by molar-refractivity contribution is 5.99. The molecule has 5 N–H and O–H groups in total. The van der Waals surface area contributed by atoms with Crippen molar-refractivity contribution in [2.45, 2.75) is 26.3 Å². The molecule has 0 aliphatic carbocycles. The Morgan fingerprint density at radius 3 is 2.56 bits per heavy atom. The zero-order valence-electron chi connectivity index (χ0n) is 17.9. The number of aldehydes is 1. The van der Waals surface area contributed by atoms with Crippen molar-refractivity contribution in [1.82, 2.24) is 9.55 Å². The largest absolute Gasteiger partial charge is 0.463 e. The second-order valence-corrected chi connectivity index (χ2v) is 7.49. The van der Waals surface area contributed by atoms with E-state index in [1.54, 1.807) is 12.3 Å². The Bertz CT molecular complexity index is 1240. The van der Waals surface area contributed by atoms with E-state index in [1.807, 2.05) is 47.0 Å². The Kier molecular flexibility index (Phi) is 6.17. The number of aromatic nitrogens is 2. The first-order valence-electron chi connectivity index (χ1n) is 10.5. The van der Waals surface area contributed by atoms with Crippen molar-refractivity contribution in [2.24, 2.45) is 11.6 Å². The molecule has 0 saturated heterocycles. The number of rotatable bonds is 8. The minimum Gasteiger partial charge on any atom is -0.463 e. The molecule has 0 radical (unpaired) electrons. The number of imidazole rings is 1. The molecule has 0 fully saturated rings. The van der Waals surface area contributed by atoms with Crippen LogP contribution in [0.25, 0.3) is 22.6 Å². The van der Waals surface area contributed by atoms with Gasteiger partial charge in [-0.25, -0.2) is 4.98 Å². The van der Waals surface area contributed by atoms with Gasteiger partial charge in [0, 0.05) is 13.0 Å². The fraction of sp³-hybridized carbons (Fsp3) is 0.160. The van der Waals surface area contributed by atoms with Crippen LogP contribution < -0.4 is 16.7 Å². The first-order chi connectivity index (χ1) is 15.7. The SMILES string of the molecule is CCCc1nc(-c2ccco2)c(C=O)n1Cc1ccc(-c2ccccc2/C(N)=[NH+]/N)cc1. The molecule has 0 atom stereocenters. The predicted molar refractivity (Wildman–Crippen MR) is 124 cm³/mol. The minimum atomic E-state index is 0.411. The van der Waals surface area contributed by atoms with Gasteiger partial charge in [0.2, 0.25) is 0 Å². The summed E-state index contributed by atoms with van der Waals surface area (Å²) in [5.41, 5.74) is 11.0. The highest BCUT2D eigenvalue weighted by Gasteiger charge is 2.20. The van der Waals surface area contributed by atoms with Crippen molar-refractivity contribution in [3.8, 4) is 22.6 Å². The number of benzene rings is 2. The maximum absolute atomic E-state index is 12.0. The predicted octanol–water partition coefficient (Wildman–Crippen LogP) is 2.28. The van der Waals surface area contributed by atoms with Gasteiger partial charge in [-0.15, -0.1) is 0 Å². The molecule has 0 bridgehead atoms. The van der Waals surface area contributed by atoms with E-state index in [1.165, 1.54) is 0 Å². The molecule has 0 unspecified atom stereocenters. The maximum Gasteiger partial charge on any atom is 0.296 e. The van der Waals surface area contributed by atoms with Crippen molar-refractivity contribution in [3.05, 3.63) is 89.6 Å². The molecule has 4 rings (SSSR count). The molecule has 2 aromatic carbocycles. The molecule has 7 heteroatoms. The summed E-state index contributed by atoms with van der Waals surface area (Å²) >= 11 is 0. The van der Waals surface area contributed by atoms with Crippen molar-refractivity contribution < 1.29 is 14.3 Å². The normalized spacial score (nSPS) is 11.6. The number of nitrogens with zero attached hydrogens (tertiary/aromatic N) is 2. The molecule has 162 valence electrons. The van der Waals surface area contributed by atoms with E-state index in [9.17, 15) is 4.79 Å². The third-order valence-corrected chi connectivity index (χ3v) is 5.40. The van der Waals surface area contributed by atoms with E-state index in [4.69, 9.17) is 21.0 Å². The van der Waals surface area contributed by atoms with Crippen LogP contribution in [0.5, 0.6) is 0 Å². The van der Waals surface area contributed by atoms with Crippen LogP contribution in [0.3, 0.4) is 0 Å². The van der Waals surface area contributed by atoms with Crippen molar-refractivity contribution in [2.75, 3.05) is 0 Å². The zero-order chi connectivity index (χ0) is 22.5. The molecular formula is C25H26N5O2+. The second kappa shape index (κ2) is 9.34. The van der Waals surface area contributed by atoms with Crippen LogP contribution in [-0.4, -0.2) is 21.7 Å². The van der Waals surface area contributed by atoms with Crippen LogP contribution in [0.1, 0.15) is 40.8 Å². The number of hydrogen-bond acceptors (Lipinski definition) is 4. The molecule has 0 saturated carbocycles. The molecule has 2 heterocycles. The lowest BCUT2D eigenvalue weighted by molar-refractivity contribution is -0.469. The molecule has 32 heavy (non-hydrogen) atoms. The summed E-state index contributed by atoms with van der Waals surface area (Å²) < 4.78 is 7.48. The number of amidine groups is 1. The lowest BCUT2D eigenvalue weighted by atomic mass is 9.98. The van der Waals surface area contributed by atoms with Crippen molar-refractivity contribution >= 4 is 12.1 Å². The summed E-state index contributed by atoms with van der Waals surface area (Å²) in [6, 6.07) is 19.6. The number of furan rings is 1. The summed E-state index contributed by atoms with van der Waals surface area (Å²) in [6.45, 7) is 2.63. The minimum absolute atomic E-state index is 0.411. The van der Waals surface area contributed by atoms with Gasteiger partial charge in [-0.3, -0.25) is 16.4 Å². The average Bonchev–Trinajstić information content (AvgIpc) is 3.48. The van der Waals surface area contributed by atoms with Gasteiger partial charge >= 0.3 is 0 Å². The van der Waals surface area contributed by atoms with Gasteiger partial charge in [0.25, 0.3) is 5.84 Å². The number of nitrogens with one attached hydrogen (secondary N) is 1. The van der Waals surface area contributed by atoms with Crippen LogP contribution in [0.15, 0.2) is 71.3 Å². The van der Waals surface area contributed by atoms with Gasteiger partial charge in [-0.2, -0.15) is 5.10 Å². The van der Waals surface area contributed by atoms with E-state index in [0.717, 1.165) is 47.2 Å². The first-order valence-corrected chi connectivity index (χ1v) is 10.5. The number of aryl methyl sites for hydroxylation is 1. The number of hydrazone groups is 1. The van der Waals surface area contributed by atoms with Crippen LogP contribution in [0, 0.1) is 0 Å². The van der Waals surface area contributed by atoms with E-state index >= 15 is 0 Å². The molecular weight excluding hydrogens is 402 g/mol. The van der Waals surface area contributed by atoms with Gasteiger partial charge in [0.15, 0.2) is 12.0 Å². The molecule has 0 aliphatic rings. The average molecular weight is 429 g/mol. The Hall–Kier alpha value is -4.13. The lowest BCUT2D eigenvalue weighted by Gasteiger charge is -2.11. The van der Waals surface area contributed by atoms with Crippen LogP contribution in [0.4, 0.5) is 0 Å². The first kappa shape index (κ1) is 21.1. The Labute approximate surface area is 186 Å². The molecule has 0 aliphatic heterocycles. The van der Waals surface area contributed by atoms with E-state index in [0.29, 0.717) is 29.5 Å². The lowest BCUT2D eigenvalue weighted by Crippen LogP contribution is -2.82. The quantitative estimate of drug-likeness (QED) is 0.131. The highest BCUT2D eigenvalue weighted by Crippen LogP contribution is 2.27. The number of carbonyl (C=O) groups is 1. The summed E-state index contributed by atoms with van der Waals surface area (Å²) in [5, 5.41) is 2.52. The fourth-order valence-corrected chi connectivity index (χ4v) is 3.84. The van der Waals surface area contributed by atoms with Crippen LogP contribution >= 0.6 is 0 Å². The Balaban J connectivity index is 1.68. The smallest absolute Gasteiger partial charge is 0.296 e. The summed E-state index contributed by atoms with van der Waals surface area (Å²) in [5.74, 6) is 7.38. The van der Waals surface area contributed by atoms with Gasteiger partial charge in [-0.05, 0) is 41.3 Å². The van der Waals surface area contributed by atoms with Gasteiger partial charge in [0.1, 0.15) is 17.2 Å². The van der Waals surface area contributed by atoms with Crippen LogP contribution in [0.2, 0.25) is 0 Å². The number of nitrogen functional groups attached to an aromatic ring is 1. The summed E-state index contributed by atoms with van der Waals surface area (Å²) in [7, 11) is 0. The van der Waals surface area contributed by atoms with Gasteiger partial charge < -0.3 is 8.98 Å². The monoisotopic (exact) mass is 428 g/mol. The molecule has 7 nitrogen and oxygen atoms in total. The number of hydrogen-bond donors (Lipinski definition) is 3. The Morgan fingerprint density at radius 1 is 1.12 bits per heavy atom. The number of carbonyl (C=O) groups excluding carboxylic acids is 1. The molecule has 4 aromatic rings. The highest BCUT2D eigenvalue weighted by atomic mass is 16.3. The van der Waals surface area contributed by atoms with E-state index < -0.39 is 0 Å². The summed E-state index contributed by atoms with van der Waals surface area (Å²) in [6.07, 6.45) is 4.14. The van der Waals surface area contributed by atoms with E-state index in [2.05, 4.69) is 24.2 Å². The van der Waals surface area contributed by atoms with Crippen molar-refractivity contribution in [1.29, 1.82) is 0 Å². The van der Waals surface area contributed by atoms with E-state index in [-0.39, 0.29) is 0 Å². The van der Waals surface area contributed by atoms with Gasteiger partial charge in [0.05, 0.1) is 11.8 Å². The third-order valence-electron chi connectivity index (χ3n) is 5.40.